The zero-order valence-corrected chi connectivity index (χ0v) is 10.3. The number of piperidine rings is 1. The summed E-state index contributed by atoms with van der Waals surface area (Å²) in [6.45, 7) is 2.35. The average molecular weight is 241 g/mol. The van der Waals surface area contributed by atoms with Crippen LogP contribution in [0.1, 0.15) is 32.1 Å². The molecule has 2 atom stereocenters. The van der Waals surface area contributed by atoms with E-state index in [2.05, 4.69) is 10.2 Å². The number of carbonyl (C=O) groups excluding carboxylic acids is 1. The van der Waals surface area contributed by atoms with Crippen molar-refractivity contribution in [2.45, 2.75) is 44.2 Å². The summed E-state index contributed by atoms with van der Waals surface area (Å²) in [6.07, 6.45) is 4.91. The molecule has 0 aromatic carbocycles. The second-order valence-corrected chi connectivity index (χ2v) is 5.29. The Kier molecular flexibility index (Phi) is 3.76. The summed E-state index contributed by atoms with van der Waals surface area (Å²) in [5.74, 6) is -0.0241. The minimum atomic E-state index is -0.0241. The highest BCUT2D eigenvalue weighted by molar-refractivity contribution is 7.80. The summed E-state index contributed by atoms with van der Waals surface area (Å²) in [6, 6.07) is 1.00. The van der Waals surface area contributed by atoms with Gasteiger partial charge in [-0.1, -0.05) is 12.2 Å². The van der Waals surface area contributed by atoms with Crippen LogP contribution < -0.4 is 11.1 Å². The van der Waals surface area contributed by atoms with Gasteiger partial charge in [-0.2, -0.15) is 0 Å². The number of nitrogens with zero attached hydrogens (tertiary/aromatic N) is 1. The third-order valence-electron chi connectivity index (χ3n) is 3.52. The Labute approximate surface area is 102 Å². The topological polar surface area (TPSA) is 58.4 Å². The van der Waals surface area contributed by atoms with Crippen molar-refractivity contribution in [1.29, 1.82) is 0 Å². The van der Waals surface area contributed by atoms with E-state index in [0.717, 1.165) is 19.4 Å². The lowest BCUT2D eigenvalue weighted by Gasteiger charge is -2.35. The van der Waals surface area contributed by atoms with E-state index in [-0.39, 0.29) is 17.3 Å². The van der Waals surface area contributed by atoms with E-state index in [4.69, 9.17) is 18.0 Å². The molecule has 5 heteroatoms. The third kappa shape index (κ3) is 2.92. The number of rotatable bonds is 3. The lowest BCUT2D eigenvalue weighted by Crippen LogP contribution is -2.47. The zero-order valence-electron chi connectivity index (χ0n) is 9.45. The number of hydrogen-bond acceptors (Lipinski definition) is 3. The van der Waals surface area contributed by atoms with Crippen LogP contribution in [0.3, 0.4) is 0 Å². The van der Waals surface area contributed by atoms with Crippen LogP contribution >= 0.6 is 12.2 Å². The summed E-state index contributed by atoms with van der Waals surface area (Å²) in [5, 5.41) is 3.03. The first kappa shape index (κ1) is 11.8. The Hall–Kier alpha value is -0.680. The molecule has 4 nitrogen and oxygen atoms in total. The first-order valence-corrected chi connectivity index (χ1v) is 6.37. The van der Waals surface area contributed by atoms with E-state index in [9.17, 15) is 4.79 Å². The van der Waals surface area contributed by atoms with Gasteiger partial charge in [0.25, 0.3) is 0 Å². The van der Waals surface area contributed by atoms with Gasteiger partial charge >= 0.3 is 0 Å². The number of fused-ring (bicyclic) bond motifs is 1. The summed E-state index contributed by atoms with van der Waals surface area (Å²) in [7, 11) is 0. The molecule has 0 bridgehead atoms. The van der Waals surface area contributed by atoms with Gasteiger partial charge in [0, 0.05) is 18.6 Å². The quantitative estimate of drug-likeness (QED) is 0.703. The van der Waals surface area contributed by atoms with Crippen molar-refractivity contribution in [3.63, 3.8) is 0 Å². The van der Waals surface area contributed by atoms with Crippen molar-refractivity contribution < 1.29 is 4.79 Å². The van der Waals surface area contributed by atoms with E-state index in [1.54, 1.807) is 0 Å². The molecule has 0 aromatic rings. The molecule has 0 aromatic heterocycles. The second-order valence-electron chi connectivity index (χ2n) is 4.76. The first-order chi connectivity index (χ1) is 7.65. The van der Waals surface area contributed by atoms with Crippen molar-refractivity contribution in [1.82, 2.24) is 10.2 Å². The number of hydrogen-bond donors (Lipinski definition) is 2. The van der Waals surface area contributed by atoms with Crippen LogP contribution in [0, 0.1) is 0 Å². The molecule has 2 fully saturated rings. The number of carbonyl (C=O) groups is 1. The minimum Gasteiger partial charge on any atom is -0.393 e. The summed E-state index contributed by atoms with van der Waals surface area (Å²) in [5.41, 5.74) is 5.35. The summed E-state index contributed by atoms with van der Waals surface area (Å²) in [4.78, 5) is 14.3. The second kappa shape index (κ2) is 5.10. The molecule has 2 aliphatic rings. The van der Waals surface area contributed by atoms with Crippen molar-refractivity contribution in [2.24, 2.45) is 5.73 Å². The van der Waals surface area contributed by atoms with Crippen molar-refractivity contribution in [3.05, 3.63) is 0 Å². The summed E-state index contributed by atoms with van der Waals surface area (Å²) < 4.78 is 0. The van der Waals surface area contributed by atoms with Gasteiger partial charge in [-0.05, 0) is 32.2 Å². The zero-order chi connectivity index (χ0) is 11.5. The maximum atomic E-state index is 11.5. The van der Waals surface area contributed by atoms with E-state index in [1.807, 2.05) is 0 Å². The molecule has 2 heterocycles. The van der Waals surface area contributed by atoms with Gasteiger partial charge in [-0.15, -0.1) is 0 Å². The van der Waals surface area contributed by atoms with Gasteiger partial charge in [0.2, 0.25) is 5.91 Å². The fraction of sp³-hybridized carbons (Fsp3) is 0.818. The standard InChI is InChI=1S/C11H19N3OS/c12-10(16)7-11(15)13-8-3-5-14-4-1-2-9(14)6-8/h8-9H,1-7H2,(H2,12,16)(H,13,15). The van der Waals surface area contributed by atoms with Gasteiger partial charge in [0.15, 0.2) is 0 Å². The molecule has 0 saturated carbocycles. The maximum absolute atomic E-state index is 11.5. The fourth-order valence-corrected chi connectivity index (χ4v) is 2.92. The molecule has 90 valence electrons. The Balaban J connectivity index is 1.78. The highest BCUT2D eigenvalue weighted by Gasteiger charge is 2.32. The van der Waals surface area contributed by atoms with Crippen LogP contribution in [0.15, 0.2) is 0 Å². The van der Waals surface area contributed by atoms with Gasteiger partial charge in [-0.25, -0.2) is 0 Å². The molecule has 2 unspecified atom stereocenters. The lowest BCUT2D eigenvalue weighted by atomic mass is 9.97. The van der Waals surface area contributed by atoms with Crippen LogP contribution in [0.5, 0.6) is 0 Å². The molecule has 3 N–H and O–H groups in total. The number of nitrogens with one attached hydrogen (secondary N) is 1. The highest BCUT2D eigenvalue weighted by atomic mass is 32.1. The van der Waals surface area contributed by atoms with Crippen molar-refractivity contribution in [2.75, 3.05) is 13.1 Å². The van der Waals surface area contributed by atoms with Gasteiger partial charge in [0.05, 0.1) is 11.4 Å². The van der Waals surface area contributed by atoms with Crippen LogP contribution in [0.2, 0.25) is 0 Å². The smallest absolute Gasteiger partial charge is 0.227 e. The number of thiocarbonyl (C=S) groups is 1. The first-order valence-electron chi connectivity index (χ1n) is 5.97. The SMILES string of the molecule is NC(=S)CC(=O)NC1CCN2CCCC2C1. The highest BCUT2D eigenvalue weighted by Crippen LogP contribution is 2.26. The fourth-order valence-electron chi connectivity index (χ4n) is 2.79. The van der Waals surface area contributed by atoms with Crippen molar-refractivity contribution >= 4 is 23.1 Å². The molecule has 0 aliphatic carbocycles. The van der Waals surface area contributed by atoms with Crippen LogP contribution in [0.25, 0.3) is 0 Å². The van der Waals surface area contributed by atoms with Crippen LogP contribution in [0.4, 0.5) is 0 Å². The average Bonchev–Trinajstić information content (AvgIpc) is 2.63. The molecular weight excluding hydrogens is 222 g/mol. The van der Waals surface area contributed by atoms with E-state index < -0.39 is 0 Å². The normalized spacial score (nSPS) is 29.8. The number of nitrogens with two attached hydrogens (primary N) is 1. The van der Waals surface area contributed by atoms with Crippen molar-refractivity contribution in [3.8, 4) is 0 Å². The van der Waals surface area contributed by atoms with Gasteiger partial charge in [0.1, 0.15) is 0 Å². The monoisotopic (exact) mass is 241 g/mol. The maximum Gasteiger partial charge on any atom is 0.227 e. The predicted octanol–water partition coefficient (Wildman–Crippen LogP) is 0.406. The van der Waals surface area contributed by atoms with E-state index in [0.29, 0.717) is 12.1 Å². The molecule has 0 radical (unpaired) electrons. The third-order valence-corrected chi connectivity index (χ3v) is 3.66. The Morgan fingerprint density at radius 1 is 1.44 bits per heavy atom. The molecule has 2 aliphatic heterocycles. The summed E-state index contributed by atoms with van der Waals surface area (Å²) >= 11 is 4.72. The lowest BCUT2D eigenvalue weighted by molar-refractivity contribution is -0.121. The Morgan fingerprint density at radius 2 is 2.25 bits per heavy atom. The molecular formula is C11H19N3OS. The van der Waals surface area contributed by atoms with Gasteiger partial charge < -0.3 is 16.0 Å². The molecule has 16 heavy (non-hydrogen) atoms. The predicted molar refractivity (Wildman–Crippen MR) is 67.2 cm³/mol. The molecule has 0 spiro atoms. The van der Waals surface area contributed by atoms with Gasteiger partial charge in [-0.3, -0.25) is 4.79 Å². The van der Waals surface area contributed by atoms with E-state index >= 15 is 0 Å². The van der Waals surface area contributed by atoms with E-state index in [1.165, 1.54) is 19.4 Å². The van der Waals surface area contributed by atoms with Crippen LogP contribution in [-0.4, -0.2) is 41.0 Å². The van der Waals surface area contributed by atoms with Crippen LogP contribution in [-0.2, 0) is 4.79 Å². The Bertz CT molecular complexity index is 295. The minimum absolute atomic E-state index is 0.0241. The Morgan fingerprint density at radius 3 is 3.00 bits per heavy atom. The molecule has 2 saturated heterocycles. The molecule has 2 rings (SSSR count). The molecule has 1 amide bonds. The largest absolute Gasteiger partial charge is 0.393 e. The number of amides is 1.